The predicted molar refractivity (Wildman–Crippen MR) is 113 cm³/mol. The summed E-state index contributed by atoms with van der Waals surface area (Å²) in [5.74, 6) is 0.252. The van der Waals surface area contributed by atoms with Gasteiger partial charge in [0.25, 0.3) is 0 Å². The second kappa shape index (κ2) is 6.77. The fourth-order valence-electron chi connectivity index (χ4n) is 3.60. The van der Waals surface area contributed by atoms with E-state index in [1.54, 1.807) is 37.1 Å². The van der Waals surface area contributed by atoms with Crippen LogP contribution >= 0.6 is 0 Å². The minimum atomic E-state index is -0.313. The quantitative estimate of drug-likeness (QED) is 0.455. The SMILES string of the molecule is Fc1cccc(-c2cncc3[nH]c(-c4n[nH]c5ncc(-c6cncnc6)cc45)nc23)c1. The van der Waals surface area contributed by atoms with Crippen LogP contribution in [0.5, 0.6) is 0 Å². The molecular weight excluding hydrogens is 395 g/mol. The minimum Gasteiger partial charge on any atom is -0.335 e. The van der Waals surface area contributed by atoms with E-state index in [2.05, 4.69) is 35.1 Å². The van der Waals surface area contributed by atoms with Crippen molar-refractivity contribution in [3.8, 4) is 33.8 Å². The molecule has 0 atom stereocenters. The first kappa shape index (κ1) is 17.3. The maximum Gasteiger partial charge on any atom is 0.159 e. The number of aromatic nitrogens is 8. The van der Waals surface area contributed by atoms with Crippen LogP contribution in [0.3, 0.4) is 0 Å². The Labute approximate surface area is 174 Å². The van der Waals surface area contributed by atoms with Gasteiger partial charge in [-0.15, -0.1) is 0 Å². The number of hydrogen-bond donors (Lipinski definition) is 2. The van der Waals surface area contributed by atoms with Gasteiger partial charge in [-0.3, -0.25) is 10.1 Å². The summed E-state index contributed by atoms with van der Waals surface area (Å²) in [5, 5.41) is 8.17. The summed E-state index contributed by atoms with van der Waals surface area (Å²) in [4.78, 5) is 24.9. The van der Waals surface area contributed by atoms with Gasteiger partial charge in [-0.25, -0.2) is 24.3 Å². The maximum atomic E-state index is 13.8. The molecule has 148 valence electrons. The van der Waals surface area contributed by atoms with Crippen LogP contribution in [0.1, 0.15) is 0 Å². The number of hydrogen-bond acceptors (Lipinski definition) is 6. The molecule has 0 bridgehead atoms. The first-order valence-electron chi connectivity index (χ1n) is 9.46. The molecule has 0 aliphatic heterocycles. The fourth-order valence-corrected chi connectivity index (χ4v) is 3.60. The van der Waals surface area contributed by atoms with Gasteiger partial charge in [0.05, 0.1) is 22.6 Å². The van der Waals surface area contributed by atoms with Gasteiger partial charge < -0.3 is 4.98 Å². The molecule has 6 rings (SSSR count). The molecule has 9 heteroatoms. The average Bonchev–Trinajstić information content (AvgIpc) is 3.43. The summed E-state index contributed by atoms with van der Waals surface area (Å²) < 4.78 is 13.8. The molecule has 0 aliphatic rings. The van der Waals surface area contributed by atoms with Crippen molar-refractivity contribution in [2.45, 2.75) is 0 Å². The van der Waals surface area contributed by atoms with Gasteiger partial charge in [-0.1, -0.05) is 12.1 Å². The third kappa shape index (κ3) is 2.91. The number of aromatic amines is 2. The topological polar surface area (TPSA) is 109 Å². The van der Waals surface area contributed by atoms with Crippen molar-refractivity contribution < 1.29 is 4.39 Å². The number of nitrogens with one attached hydrogen (secondary N) is 2. The van der Waals surface area contributed by atoms with E-state index in [-0.39, 0.29) is 5.82 Å². The summed E-state index contributed by atoms with van der Waals surface area (Å²) >= 11 is 0. The first-order valence-corrected chi connectivity index (χ1v) is 9.46. The van der Waals surface area contributed by atoms with Gasteiger partial charge in [0.1, 0.15) is 17.8 Å². The number of fused-ring (bicyclic) bond motifs is 2. The van der Waals surface area contributed by atoms with Crippen LogP contribution in [0.15, 0.2) is 67.6 Å². The van der Waals surface area contributed by atoms with Gasteiger partial charge in [-0.2, -0.15) is 5.10 Å². The molecule has 1 aromatic carbocycles. The Bertz CT molecular complexity index is 1550. The monoisotopic (exact) mass is 408 g/mol. The molecular formula is C22H13FN8. The Kier molecular flexibility index (Phi) is 3.79. The average molecular weight is 408 g/mol. The van der Waals surface area contributed by atoms with Gasteiger partial charge >= 0.3 is 0 Å². The lowest BCUT2D eigenvalue weighted by atomic mass is 10.1. The normalized spacial score (nSPS) is 11.4. The zero-order valence-electron chi connectivity index (χ0n) is 15.9. The Balaban J connectivity index is 1.52. The second-order valence-electron chi connectivity index (χ2n) is 7.00. The minimum absolute atomic E-state index is 0.313. The van der Waals surface area contributed by atoms with Gasteiger partial charge in [0.2, 0.25) is 0 Å². The van der Waals surface area contributed by atoms with Crippen molar-refractivity contribution in [3.05, 3.63) is 73.5 Å². The fraction of sp³-hybridized carbons (Fsp3) is 0. The van der Waals surface area contributed by atoms with Crippen molar-refractivity contribution in [1.82, 2.24) is 40.1 Å². The molecule has 6 aromatic rings. The van der Waals surface area contributed by atoms with Crippen LogP contribution in [-0.4, -0.2) is 40.1 Å². The lowest BCUT2D eigenvalue weighted by Crippen LogP contribution is -1.86. The summed E-state index contributed by atoms with van der Waals surface area (Å²) in [6.45, 7) is 0. The number of halogens is 1. The molecule has 2 N–H and O–H groups in total. The predicted octanol–water partition coefficient (Wildman–Crippen LogP) is 4.16. The maximum absolute atomic E-state index is 13.8. The van der Waals surface area contributed by atoms with E-state index in [9.17, 15) is 4.39 Å². The lowest BCUT2D eigenvalue weighted by Gasteiger charge is -2.01. The molecule has 0 amide bonds. The molecule has 0 aliphatic carbocycles. The number of imidazole rings is 1. The molecule has 31 heavy (non-hydrogen) atoms. The van der Waals surface area contributed by atoms with Gasteiger partial charge in [0, 0.05) is 41.5 Å². The highest BCUT2D eigenvalue weighted by Crippen LogP contribution is 2.31. The third-order valence-corrected chi connectivity index (χ3v) is 5.06. The van der Waals surface area contributed by atoms with E-state index in [4.69, 9.17) is 4.98 Å². The van der Waals surface area contributed by atoms with E-state index in [0.29, 0.717) is 28.2 Å². The molecule has 5 heterocycles. The van der Waals surface area contributed by atoms with Crippen molar-refractivity contribution in [3.63, 3.8) is 0 Å². The number of pyridine rings is 2. The zero-order chi connectivity index (χ0) is 20.8. The van der Waals surface area contributed by atoms with Crippen LogP contribution in [0, 0.1) is 5.82 Å². The molecule has 5 aromatic heterocycles. The van der Waals surface area contributed by atoms with Crippen molar-refractivity contribution >= 4 is 22.1 Å². The number of nitrogens with zero attached hydrogens (tertiary/aromatic N) is 6. The Morgan fingerprint density at radius 1 is 0.839 bits per heavy atom. The highest BCUT2D eigenvalue weighted by molar-refractivity contribution is 5.96. The Morgan fingerprint density at radius 3 is 2.61 bits per heavy atom. The molecule has 0 unspecified atom stereocenters. The van der Waals surface area contributed by atoms with E-state index < -0.39 is 0 Å². The molecule has 0 spiro atoms. The number of benzene rings is 1. The largest absolute Gasteiger partial charge is 0.335 e. The zero-order valence-corrected chi connectivity index (χ0v) is 15.9. The lowest BCUT2D eigenvalue weighted by molar-refractivity contribution is 0.628. The smallest absolute Gasteiger partial charge is 0.159 e. The van der Waals surface area contributed by atoms with Gasteiger partial charge in [-0.05, 0) is 23.8 Å². The van der Waals surface area contributed by atoms with Crippen LogP contribution in [-0.2, 0) is 0 Å². The van der Waals surface area contributed by atoms with E-state index in [0.717, 1.165) is 27.6 Å². The molecule has 0 fully saturated rings. The molecule has 0 saturated heterocycles. The highest BCUT2D eigenvalue weighted by Gasteiger charge is 2.17. The van der Waals surface area contributed by atoms with E-state index in [1.807, 2.05) is 12.1 Å². The summed E-state index contributed by atoms with van der Waals surface area (Å²) in [6, 6.07) is 8.34. The summed E-state index contributed by atoms with van der Waals surface area (Å²) in [6.07, 6.45) is 10.1. The molecule has 0 radical (unpaired) electrons. The second-order valence-corrected chi connectivity index (χ2v) is 7.00. The standard InChI is InChI=1S/C22H13FN8/c23-15-3-1-2-12(4-15)17-9-24-10-18-19(17)29-22(28-18)20-16-5-13(8-27-21(16)31-30-20)14-6-25-11-26-7-14/h1-11H,(H,28,29)(H,27,30,31). The first-order chi connectivity index (χ1) is 15.3. The molecule has 0 saturated carbocycles. The van der Waals surface area contributed by atoms with Crippen LogP contribution in [0.4, 0.5) is 4.39 Å². The highest BCUT2D eigenvalue weighted by atomic mass is 19.1. The number of H-pyrrole nitrogens is 2. The van der Waals surface area contributed by atoms with Crippen LogP contribution < -0.4 is 0 Å². The van der Waals surface area contributed by atoms with Crippen molar-refractivity contribution in [2.75, 3.05) is 0 Å². The Morgan fingerprint density at radius 2 is 1.74 bits per heavy atom. The van der Waals surface area contributed by atoms with E-state index in [1.165, 1.54) is 18.5 Å². The van der Waals surface area contributed by atoms with E-state index >= 15 is 0 Å². The van der Waals surface area contributed by atoms with Crippen LogP contribution in [0.25, 0.3) is 55.8 Å². The number of rotatable bonds is 3. The summed E-state index contributed by atoms with van der Waals surface area (Å²) in [5.41, 5.74) is 5.85. The Hall–Kier alpha value is -4.53. The molecule has 8 nitrogen and oxygen atoms in total. The van der Waals surface area contributed by atoms with Crippen molar-refractivity contribution in [1.29, 1.82) is 0 Å². The third-order valence-electron chi connectivity index (χ3n) is 5.06. The van der Waals surface area contributed by atoms with Crippen LogP contribution in [0.2, 0.25) is 0 Å². The summed E-state index contributed by atoms with van der Waals surface area (Å²) in [7, 11) is 0. The van der Waals surface area contributed by atoms with Gasteiger partial charge in [0.15, 0.2) is 11.5 Å². The van der Waals surface area contributed by atoms with Crippen molar-refractivity contribution in [2.24, 2.45) is 0 Å².